The summed E-state index contributed by atoms with van der Waals surface area (Å²) in [6.07, 6.45) is -0.480. The van der Waals surface area contributed by atoms with Gasteiger partial charge in [-0.2, -0.15) is 0 Å². The standard InChI is InChI=1S/C14H21ClN2O2/c1-9-6-5-7-10(12(9)15)11(16)8-17-13(18)19-14(2,3)4/h5-7,11H,8,16H2,1-4H3,(H,17,18). The van der Waals surface area contributed by atoms with Gasteiger partial charge < -0.3 is 15.8 Å². The van der Waals surface area contributed by atoms with E-state index in [1.807, 2.05) is 45.9 Å². The van der Waals surface area contributed by atoms with E-state index in [0.717, 1.165) is 11.1 Å². The molecule has 19 heavy (non-hydrogen) atoms. The van der Waals surface area contributed by atoms with Gasteiger partial charge in [0, 0.05) is 17.6 Å². The third-order valence-corrected chi connectivity index (χ3v) is 3.00. The Hall–Kier alpha value is -1.26. The maximum atomic E-state index is 11.5. The zero-order chi connectivity index (χ0) is 14.6. The number of hydrogen-bond acceptors (Lipinski definition) is 3. The van der Waals surface area contributed by atoms with Crippen LogP contribution in [0, 0.1) is 6.92 Å². The summed E-state index contributed by atoms with van der Waals surface area (Å²) in [6, 6.07) is 5.31. The highest BCUT2D eigenvalue weighted by atomic mass is 35.5. The van der Waals surface area contributed by atoms with Crippen LogP contribution in [0.5, 0.6) is 0 Å². The van der Waals surface area contributed by atoms with Crippen LogP contribution in [-0.4, -0.2) is 18.2 Å². The fourth-order valence-electron chi connectivity index (χ4n) is 1.57. The number of alkyl carbamates (subject to hydrolysis) is 1. The second kappa shape index (κ2) is 6.26. The van der Waals surface area contributed by atoms with Crippen molar-refractivity contribution in [2.24, 2.45) is 5.73 Å². The van der Waals surface area contributed by atoms with Crippen molar-refractivity contribution < 1.29 is 9.53 Å². The van der Waals surface area contributed by atoms with Gasteiger partial charge in [-0.25, -0.2) is 4.79 Å². The van der Waals surface area contributed by atoms with Crippen LogP contribution in [0.15, 0.2) is 18.2 Å². The number of halogens is 1. The summed E-state index contributed by atoms with van der Waals surface area (Å²) < 4.78 is 5.14. The first-order valence-corrected chi connectivity index (χ1v) is 6.56. The molecule has 1 atom stereocenters. The third kappa shape index (κ3) is 5.09. The quantitative estimate of drug-likeness (QED) is 0.896. The summed E-state index contributed by atoms with van der Waals surface area (Å²) in [4.78, 5) is 11.5. The number of benzene rings is 1. The van der Waals surface area contributed by atoms with E-state index in [4.69, 9.17) is 22.1 Å². The molecule has 0 bridgehead atoms. The Labute approximate surface area is 119 Å². The number of carbonyl (C=O) groups excluding carboxylic acids is 1. The van der Waals surface area contributed by atoms with Crippen LogP contribution in [0.1, 0.15) is 37.9 Å². The summed E-state index contributed by atoms with van der Waals surface area (Å²) in [5, 5.41) is 3.28. The van der Waals surface area contributed by atoms with Gasteiger partial charge in [-0.1, -0.05) is 29.8 Å². The second-order valence-corrected chi connectivity index (χ2v) is 5.85. The molecule has 1 unspecified atom stereocenters. The first-order chi connectivity index (χ1) is 8.70. The minimum absolute atomic E-state index is 0.276. The summed E-state index contributed by atoms with van der Waals surface area (Å²) in [5.74, 6) is 0. The van der Waals surface area contributed by atoms with Crippen molar-refractivity contribution in [3.63, 3.8) is 0 Å². The fraction of sp³-hybridized carbons (Fsp3) is 0.500. The maximum Gasteiger partial charge on any atom is 0.407 e. The molecule has 0 radical (unpaired) electrons. The van der Waals surface area contributed by atoms with Gasteiger partial charge in [0.1, 0.15) is 5.60 Å². The van der Waals surface area contributed by atoms with Crippen LogP contribution in [0.2, 0.25) is 5.02 Å². The Morgan fingerprint density at radius 3 is 2.68 bits per heavy atom. The highest BCUT2D eigenvalue weighted by Crippen LogP contribution is 2.24. The van der Waals surface area contributed by atoms with Crippen LogP contribution in [0.4, 0.5) is 4.79 Å². The van der Waals surface area contributed by atoms with Crippen molar-refractivity contribution in [2.75, 3.05) is 6.54 Å². The molecule has 0 fully saturated rings. The molecule has 0 aromatic heterocycles. The van der Waals surface area contributed by atoms with Gasteiger partial charge in [0.25, 0.3) is 0 Å². The smallest absolute Gasteiger partial charge is 0.407 e. The fourth-order valence-corrected chi connectivity index (χ4v) is 1.84. The Morgan fingerprint density at radius 1 is 1.47 bits per heavy atom. The molecular weight excluding hydrogens is 264 g/mol. The average Bonchev–Trinajstić information content (AvgIpc) is 2.27. The van der Waals surface area contributed by atoms with Crippen molar-refractivity contribution >= 4 is 17.7 Å². The zero-order valence-electron chi connectivity index (χ0n) is 11.8. The van der Waals surface area contributed by atoms with Crippen LogP contribution >= 0.6 is 11.6 Å². The van der Waals surface area contributed by atoms with Crippen LogP contribution in [0.25, 0.3) is 0 Å². The molecule has 1 aromatic carbocycles. The largest absolute Gasteiger partial charge is 0.444 e. The van der Waals surface area contributed by atoms with E-state index < -0.39 is 11.7 Å². The molecule has 4 nitrogen and oxygen atoms in total. The van der Waals surface area contributed by atoms with Crippen LogP contribution < -0.4 is 11.1 Å². The Morgan fingerprint density at radius 2 is 2.11 bits per heavy atom. The molecule has 3 N–H and O–H groups in total. The molecular formula is C14H21ClN2O2. The molecule has 0 aliphatic rings. The molecule has 0 saturated heterocycles. The lowest BCUT2D eigenvalue weighted by atomic mass is 10.1. The molecule has 0 spiro atoms. The van der Waals surface area contributed by atoms with E-state index in [1.165, 1.54) is 0 Å². The molecule has 106 valence electrons. The van der Waals surface area contributed by atoms with Gasteiger partial charge in [-0.3, -0.25) is 0 Å². The lowest BCUT2D eigenvalue weighted by Crippen LogP contribution is -2.36. The van der Waals surface area contributed by atoms with E-state index >= 15 is 0 Å². The monoisotopic (exact) mass is 284 g/mol. The minimum Gasteiger partial charge on any atom is -0.444 e. The molecule has 0 aliphatic heterocycles. The van der Waals surface area contributed by atoms with Crippen molar-refractivity contribution in [1.29, 1.82) is 0 Å². The topological polar surface area (TPSA) is 64.3 Å². The predicted octanol–water partition coefficient (Wildman–Crippen LogP) is 3.17. The molecule has 1 aromatic rings. The lowest BCUT2D eigenvalue weighted by molar-refractivity contribution is 0.0524. The van der Waals surface area contributed by atoms with Crippen molar-refractivity contribution in [2.45, 2.75) is 39.3 Å². The number of hydrogen-bond donors (Lipinski definition) is 2. The summed E-state index contributed by atoms with van der Waals surface area (Å²) in [7, 11) is 0. The highest BCUT2D eigenvalue weighted by Gasteiger charge is 2.17. The number of nitrogens with one attached hydrogen (secondary N) is 1. The Balaban J connectivity index is 2.59. The molecule has 0 heterocycles. The SMILES string of the molecule is Cc1cccc(C(N)CNC(=O)OC(C)(C)C)c1Cl. The summed E-state index contributed by atoms with van der Waals surface area (Å²) in [5.41, 5.74) is 7.29. The van der Waals surface area contributed by atoms with Gasteiger partial charge in [0.2, 0.25) is 0 Å². The van der Waals surface area contributed by atoms with E-state index in [9.17, 15) is 4.79 Å². The number of rotatable bonds is 3. The van der Waals surface area contributed by atoms with E-state index in [1.54, 1.807) is 0 Å². The molecule has 5 heteroatoms. The molecule has 1 rings (SSSR count). The first kappa shape index (κ1) is 15.8. The number of aryl methyl sites for hydroxylation is 1. The van der Waals surface area contributed by atoms with E-state index in [2.05, 4.69) is 5.32 Å². The van der Waals surface area contributed by atoms with Gasteiger partial charge in [0.05, 0.1) is 0 Å². The van der Waals surface area contributed by atoms with Crippen LogP contribution in [0.3, 0.4) is 0 Å². The predicted molar refractivity (Wildman–Crippen MR) is 77.4 cm³/mol. The number of amides is 1. The summed E-state index contributed by atoms with van der Waals surface area (Å²) in [6.45, 7) is 7.62. The Kier molecular flexibility index (Phi) is 5.20. The third-order valence-electron chi connectivity index (χ3n) is 2.49. The maximum absolute atomic E-state index is 11.5. The van der Waals surface area contributed by atoms with Gasteiger partial charge in [0.15, 0.2) is 0 Å². The van der Waals surface area contributed by atoms with Gasteiger partial charge in [-0.05, 0) is 38.8 Å². The lowest BCUT2D eigenvalue weighted by Gasteiger charge is -2.21. The number of ether oxygens (including phenoxy) is 1. The second-order valence-electron chi connectivity index (χ2n) is 5.47. The van der Waals surface area contributed by atoms with Gasteiger partial charge in [-0.15, -0.1) is 0 Å². The van der Waals surface area contributed by atoms with Crippen LogP contribution in [-0.2, 0) is 4.74 Å². The number of nitrogens with two attached hydrogens (primary N) is 1. The van der Waals surface area contributed by atoms with Crippen molar-refractivity contribution in [3.8, 4) is 0 Å². The first-order valence-electron chi connectivity index (χ1n) is 6.18. The summed E-state index contributed by atoms with van der Waals surface area (Å²) >= 11 is 6.19. The number of carbonyl (C=O) groups is 1. The molecule has 0 aliphatic carbocycles. The highest BCUT2D eigenvalue weighted by molar-refractivity contribution is 6.32. The van der Waals surface area contributed by atoms with E-state index in [0.29, 0.717) is 5.02 Å². The molecule has 1 amide bonds. The molecule has 0 saturated carbocycles. The zero-order valence-corrected chi connectivity index (χ0v) is 12.5. The van der Waals surface area contributed by atoms with Gasteiger partial charge >= 0.3 is 6.09 Å². The van der Waals surface area contributed by atoms with Crippen molar-refractivity contribution in [3.05, 3.63) is 34.3 Å². The normalized spacial score (nSPS) is 12.9. The van der Waals surface area contributed by atoms with E-state index in [-0.39, 0.29) is 12.6 Å². The Bertz CT molecular complexity index is 455. The minimum atomic E-state index is -0.519. The average molecular weight is 285 g/mol. The van der Waals surface area contributed by atoms with Crippen molar-refractivity contribution in [1.82, 2.24) is 5.32 Å².